The second kappa shape index (κ2) is 5.98. The van der Waals surface area contributed by atoms with E-state index in [4.69, 9.17) is 10.2 Å². The lowest BCUT2D eigenvalue weighted by atomic mass is 9.61. The molecule has 24 heavy (non-hydrogen) atoms. The molecule has 2 aromatic heterocycles. The first-order valence-electron chi connectivity index (χ1n) is 7.74. The number of hydrogen-bond acceptors (Lipinski definition) is 3. The zero-order chi connectivity index (χ0) is 16.9. The van der Waals surface area contributed by atoms with Gasteiger partial charge in [0, 0.05) is 41.8 Å². The molecule has 6 nitrogen and oxygen atoms in total. The first kappa shape index (κ1) is 16.3. The van der Waals surface area contributed by atoms with E-state index in [9.17, 15) is 4.79 Å². The van der Waals surface area contributed by atoms with E-state index < -0.39 is 6.09 Å². The SMILES string of the molecule is O=C(O)N1CC2(CC(n3nc(-c4cccnc4)c(I)c3CBr)C2)C1. The van der Waals surface area contributed by atoms with E-state index >= 15 is 0 Å². The van der Waals surface area contributed by atoms with Crippen LogP contribution in [0.15, 0.2) is 24.5 Å². The van der Waals surface area contributed by atoms with Gasteiger partial charge in [-0.25, -0.2) is 4.79 Å². The highest BCUT2D eigenvalue weighted by molar-refractivity contribution is 14.1. The lowest BCUT2D eigenvalue weighted by Gasteiger charge is -2.58. The van der Waals surface area contributed by atoms with Gasteiger partial charge in [-0.1, -0.05) is 15.9 Å². The normalized spacial score (nSPS) is 19.2. The van der Waals surface area contributed by atoms with E-state index in [2.05, 4.69) is 48.2 Å². The van der Waals surface area contributed by atoms with Gasteiger partial charge in [-0.3, -0.25) is 9.67 Å². The van der Waals surface area contributed by atoms with Gasteiger partial charge in [0.25, 0.3) is 0 Å². The summed E-state index contributed by atoms with van der Waals surface area (Å²) in [4.78, 5) is 16.6. The number of amides is 1. The maximum Gasteiger partial charge on any atom is 0.407 e. The third kappa shape index (κ3) is 2.54. The Labute approximate surface area is 161 Å². The highest BCUT2D eigenvalue weighted by Gasteiger charge is 2.55. The summed E-state index contributed by atoms with van der Waals surface area (Å²) in [5, 5.41) is 14.6. The van der Waals surface area contributed by atoms with Crippen LogP contribution in [0.4, 0.5) is 4.79 Å². The minimum Gasteiger partial charge on any atom is -0.465 e. The topological polar surface area (TPSA) is 71.2 Å². The third-order valence-corrected chi connectivity index (χ3v) is 6.68. The van der Waals surface area contributed by atoms with Gasteiger partial charge in [-0.2, -0.15) is 5.10 Å². The highest BCUT2D eigenvalue weighted by Crippen LogP contribution is 2.54. The van der Waals surface area contributed by atoms with Gasteiger partial charge in [0.2, 0.25) is 0 Å². The van der Waals surface area contributed by atoms with Crippen molar-refractivity contribution in [1.82, 2.24) is 19.7 Å². The smallest absolute Gasteiger partial charge is 0.407 e. The van der Waals surface area contributed by atoms with Gasteiger partial charge in [0.15, 0.2) is 0 Å². The van der Waals surface area contributed by atoms with Crippen LogP contribution in [0.25, 0.3) is 11.3 Å². The molecular weight excluding hydrogens is 487 g/mol. The van der Waals surface area contributed by atoms with E-state index in [1.807, 2.05) is 18.3 Å². The molecule has 0 unspecified atom stereocenters. The summed E-state index contributed by atoms with van der Waals surface area (Å²) >= 11 is 5.94. The number of nitrogens with zero attached hydrogens (tertiary/aromatic N) is 4. The number of aromatic nitrogens is 3. The number of alkyl halides is 1. The quantitative estimate of drug-likeness (QED) is 0.512. The number of pyridine rings is 1. The van der Waals surface area contributed by atoms with Gasteiger partial charge < -0.3 is 10.0 Å². The monoisotopic (exact) mass is 502 g/mol. The van der Waals surface area contributed by atoms with Crippen LogP contribution in [0.5, 0.6) is 0 Å². The Morgan fingerprint density at radius 3 is 2.79 bits per heavy atom. The van der Waals surface area contributed by atoms with Crippen LogP contribution < -0.4 is 0 Å². The van der Waals surface area contributed by atoms with Crippen molar-refractivity contribution in [2.24, 2.45) is 5.41 Å². The molecule has 0 aromatic carbocycles. The summed E-state index contributed by atoms with van der Waals surface area (Å²) in [6.07, 6.45) is 4.80. The molecule has 1 aliphatic carbocycles. The molecule has 2 fully saturated rings. The number of hydrogen-bond donors (Lipinski definition) is 1. The zero-order valence-electron chi connectivity index (χ0n) is 12.8. The summed E-state index contributed by atoms with van der Waals surface area (Å²) in [6.45, 7) is 1.33. The summed E-state index contributed by atoms with van der Waals surface area (Å²) < 4.78 is 3.28. The molecular formula is C16H16BrIN4O2. The second-order valence-corrected chi connectivity index (χ2v) is 8.27. The first-order valence-corrected chi connectivity index (χ1v) is 9.94. The van der Waals surface area contributed by atoms with Crippen LogP contribution in [0.3, 0.4) is 0 Å². The Bertz CT molecular complexity index is 781. The Morgan fingerprint density at radius 2 is 2.21 bits per heavy atom. The average molecular weight is 503 g/mol. The maximum absolute atomic E-state index is 11.0. The Hall–Kier alpha value is -1.16. The van der Waals surface area contributed by atoms with E-state index in [0.717, 1.165) is 33.0 Å². The summed E-state index contributed by atoms with van der Waals surface area (Å²) in [5.41, 5.74) is 3.36. The summed E-state index contributed by atoms with van der Waals surface area (Å²) in [7, 11) is 0. The van der Waals surface area contributed by atoms with Gasteiger partial charge in [-0.05, 0) is 47.6 Å². The molecule has 0 atom stereocenters. The Balaban J connectivity index is 1.56. The van der Waals surface area contributed by atoms with Crippen molar-refractivity contribution < 1.29 is 9.90 Å². The molecule has 2 aliphatic rings. The van der Waals surface area contributed by atoms with Crippen molar-refractivity contribution in [3.8, 4) is 11.3 Å². The van der Waals surface area contributed by atoms with Gasteiger partial charge in [-0.15, -0.1) is 0 Å². The van der Waals surface area contributed by atoms with Crippen LogP contribution in [0, 0.1) is 8.99 Å². The van der Waals surface area contributed by atoms with Crippen molar-refractivity contribution in [2.75, 3.05) is 13.1 Å². The van der Waals surface area contributed by atoms with E-state index in [0.29, 0.717) is 19.1 Å². The van der Waals surface area contributed by atoms with Crippen molar-refractivity contribution in [1.29, 1.82) is 0 Å². The molecule has 2 aromatic rings. The number of carboxylic acid groups (broad SMARTS) is 1. The molecule has 4 rings (SSSR count). The van der Waals surface area contributed by atoms with Gasteiger partial charge >= 0.3 is 6.09 Å². The summed E-state index contributed by atoms with van der Waals surface area (Å²) in [5.74, 6) is 0. The van der Waals surface area contributed by atoms with Crippen molar-refractivity contribution in [2.45, 2.75) is 24.2 Å². The van der Waals surface area contributed by atoms with Crippen LogP contribution in [-0.4, -0.2) is 44.0 Å². The minimum atomic E-state index is -0.808. The fraction of sp³-hybridized carbons (Fsp3) is 0.438. The molecule has 126 valence electrons. The second-order valence-electron chi connectivity index (χ2n) is 6.63. The zero-order valence-corrected chi connectivity index (χ0v) is 16.6. The van der Waals surface area contributed by atoms with E-state index in [1.165, 1.54) is 10.6 Å². The average Bonchev–Trinajstić information content (AvgIpc) is 2.81. The van der Waals surface area contributed by atoms with Crippen molar-refractivity contribution in [3.05, 3.63) is 33.8 Å². The van der Waals surface area contributed by atoms with Gasteiger partial charge in [0.05, 0.1) is 15.3 Å². The largest absolute Gasteiger partial charge is 0.465 e. The van der Waals surface area contributed by atoms with Crippen LogP contribution in [-0.2, 0) is 5.33 Å². The highest BCUT2D eigenvalue weighted by atomic mass is 127. The maximum atomic E-state index is 11.0. The molecule has 0 radical (unpaired) electrons. The summed E-state index contributed by atoms with van der Waals surface area (Å²) in [6, 6.07) is 4.30. The fourth-order valence-electron chi connectivity index (χ4n) is 3.83. The minimum absolute atomic E-state index is 0.179. The van der Waals surface area contributed by atoms with Crippen LogP contribution >= 0.6 is 38.5 Å². The molecule has 1 saturated heterocycles. The van der Waals surface area contributed by atoms with Crippen molar-refractivity contribution in [3.63, 3.8) is 0 Å². The molecule has 8 heteroatoms. The number of halogens is 2. The predicted octanol–water partition coefficient (Wildman–Crippen LogP) is 3.76. The predicted molar refractivity (Wildman–Crippen MR) is 101 cm³/mol. The van der Waals surface area contributed by atoms with Gasteiger partial charge in [0.1, 0.15) is 5.69 Å². The molecule has 1 spiro atoms. The Kier molecular flexibility index (Phi) is 4.06. The third-order valence-electron chi connectivity index (χ3n) is 5.01. The number of likely N-dealkylation sites (tertiary alicyclic amines) is 1. The van der Waals surface area contributed by atoms with E-state index in [1.54, 1.807) is 6.20 Å². The molecule has 3 heterocycles. The molecule has 1 N–H and O–H groups in total. The van der Waals surface area contributed by atoms with Crippen LogP contribution in [0.2, 0.25) is 0 Å². The lowest BCUT2D eigenvalue weighted by Crippen LogP contribution is -2.63. The van der Waals surface area contributed by atoms with Crippen LogP contribution in [0.1, 0.15) is 24.6 Å². The molecule has 1 saturated carbocycles. The molecule has 0 bridgehead atoms. The van der Waals surface area contributed by atoms with E-state index in [-0.39, 0.29) is 5.41 Å². The number of rotatable bonds is 3. The standard InChI is InChI=1S/C16H16BrIN4O2/c17-6-12-13(18)14(10-2-1-3-19-7-10)20-22(12)11-4-16(5-11)8-21(9-16)15(23)24/h1-3,7,11H,4-6,8-9H2,(H,23,24). The lowest BCUT2D eigenvalue weighted by molar-refractivity contribution is -0.0775. The Morgan fingerprint density at radius 1 is 1.46 bits per heavy atom. The number of carbonyl (C=O) groups is 1. The van der Waals surface area contributed by atoms with Crippen molar-refractivity contribution >= 4 is 44.6 Å². The molecule has 1 amide bonds. The molecule has 1 aliphatic heterocycles. The fourth-order valence-corrected chi connectivity index (χ4v) is 5.75. The first-order chi connectivity index (χ1) is 11.5.